The molecule has 3 aromatic carbocycles. The Morgan fingerprint density at radius 3 is 2.38 bits per heavy atom. The first-order valence-electron chi connectivity index (χ1n) is 11.3. The number of rotatable bonds is 6. The molecule has 1 heterocycles. The molecule has 0 aliphatic carbocycles. The van der Waals surface area contributed by atoms with E-state index in [2.05, 4.69) is 17.6 Å². The number of nitrogens with one attached hydrogen (secondary N) is 2. The molecule has 0 unspecified atom stereocenters. The number of hydrogen-bond acceptors (Lipinski definition) is 4. The highest BCUT2D eigenvalue weighted by Gasteiger charge is 2.32. The summed E-state index contributed by atoms with van der Waals surface area (Å²) in [6, 6.07) is 21.3. The average Bonchev–Trinajstić information content (AvgIpc) is 2.84. The van der Waals surface area contributed by atoms with E-state index >= 15 is 0 Å². The van der Waals surface area contributed by atoms with E-state index in [-0.39, 0.29) is 29.5 Å². The van der Waals surface area contributed by atoms with Gasteiger partial charge in [-0.1, -0.05) is 31.2 Å². The summed E-state index contributed by atoms with van der Waals surface area (Å²) < 4.78 is 0. The summed E-state index contributed by atoms with van der Waals surface area (Å²) in [5, 5.41) is 15.4. The zero-order chi connectivity index (χ0) is 24.2. The van der Waals surface area contributed by atoms with Gasteiger partial charge in [0.1, 0.15) is 0 Å². The zero-order valence-corrected chi connectivity index (χ0v) is 19.1. The second-order valence-corrected chi connectivity index (χ2v) is 8.38. The molecule has 0 saturated carbocycles. The summed E-state index contributed by atoms with van der Waals surface area (Å²) in [6.07, 6.45) is 1.23. The second-order valence-electron chi connectivity index (χ2n) is 8.38. The molecular formula is C27H27N3O4. The Labute approximate surface area is 198 Å². The Kier molecular flexibility index (Phi) is 6.63. The molecule has 0 aromatic heterocycles. The maximum atomic E-state index is 12.6. The molecule has 0 fully saturated rings. The van der Waals surface area contributed by atoms with Crippen molar-refractivity contribution in [3.63, 3.8) is 0 Å². The Morgan fingerprint density at radius 1 is 0.941 bits per heavy atom. The van der Waals surface area contributed by atoms with Gasteiger partial charge in [-0.05, 0) is 67.4 Å². The molecule has 0 spiro atoms. The van der Waals surface area contributed by atoms with Crippen LogP contribution in [-0.4, -0.2) is 28.9 Å². The molecule has 174 valence electrons. The van der Waals surface area contributed by atoms with Crippen LogP contribution in [0.2, 0.25) is 0 Å². The largest absolute Gasteiger partial charge is 0.478 e. The molecule has 34 heavy (non-hydrogen) atoms. The molecule has 0 radical (unpaired) electrons. The van der Waals surface area contributed by atoms with Gasteiger partial charge in [-0.15, -0.1) is 0 Å². The van der Waals surface area contributed by atoms with Crippen molar-refractivity contribution < 1.29 is 19.5 Å². The van der Waals surface area contributed by atoms with Crippen LogP contribution in [0, 0.1) is 0 Å². The van der Waals surface area contributed by atoms with Crippen LogP contribution in [0.5, 0.6) is 0 Å². The number of anilines is 3. The molecule has 0 saturated heterocycles. The number of aromatic carboxylic acids is 1. The van der Waals surface area contributed by atoms with Gasteiger partial charge in [-0.25, -0.2) is 4.79 Å². The van der Waals surface area contributed by atoms with Gasteiger partial charge in [0.05, 0.1) is 11.6 Å². The predicted octanol–water partition coefficient (Wildman–Crippen LogP) is 5.33. The van der Waals surface area contributed by atoms with E-state index in [0.29, 0.717) is 17.7 Å². The van der Waals surface area contributed by atoms with Crippen molar-refractivity contribution in [2.75, 3.05) is 15.5 Å². The first kappa shape index (κ1) is 23.0. The van der Waals surface area contributed by atoms with Crippen molar-refractivity contribution in [1.82, 2.24) is 0 Å². The lowest BCUT2D eigenvalue weighted by Crippen LogP contribution is -2.44. The first-order chi connectivity index (χ1) is 16.4. The van der Waals surface area contributed by atoms with Gasteiger partial charge in [0.2, 0.25) is 5.91 Å². The third kappa shape index (κ3) is 4.78. The third-order valence-corrected chi connectivity index (χ3v) is 6.02. The fourth-order valence-corrected chi connectivity index (χ4v) is 4.35. The number of fused-ring (bicyclic) bond motifs is 1. The molecule has 2 atom stereocenters. The van der Waals surface area contributed by atoms with Crippen molar-refractivity contribution in [3.05, 3.63) is 89.5 Å². The SMILES string of the molecule is CCC(=O)N1c2ccccc2[C@H](Nc2ccc(C(=O)Nc3cccc(C(=O)O)c3)cc2)C[C@@H]1C. The normalized spacial score (nSPS) is 16.9. The van der Waals surface area contributed by atoms with Gasteiger partial charge in [-0.2, -0.15) is 0 Å². The van der Waals surface area contributed by atoms with Gasteiger partial charge in [0.15, 0.2) is 0 Å². The zero-order valence-electron chi connectivity index (χ0n) is 19.1. The van der Waals surface area contributed by atoms with E-state index in [1.54, 1.807) is 24.3 Å². The highest BCUT2D eigenvalue weighted by Crippen LogP contribution is 2.39. The Hall–Kier alpha value is -4.13. The smallest absolute Gasteiger partial charge is 0.335 e. The van der Waals surface area contributed by atoms with E-state index in [9.17, 15) is 14.4 Å². The topological polar surface area (TPSA) is 98.7 Å². The molecule has 1 aliphatic heterocycles. The Morgan fingerprint density at radius 2 is 1.68 bits per heavy atom. The van der Waals surface area contributed by atoms with Crippen LogP contribution in [0.3, 0.4) is 0 Å². The van der Waals surface area contributed by atoms with Gasteiger partial charge in [0, 0.05) is 35.1 Å². The fraction of sp³-hybridized carbons (Fsp3) is 0.222. The Balaban J connectivity index is 1.48. The summed E-state index contributed by atoms with van der Waals surface area (Å²) in [4.78, 5) is 38.2. The standard InChI is InChI=1S/C27H27N3O4/c1-3-25(31)30-17(2)15-23(22-9-4-5-10-24(22)30)28-20-13-11-18(12-14-20)26(32)29-21-8-6-7-19(16-21)27(33)34/h4-14,16-17,23,28H,3,15H2,1-2H3,(H,29,32)(H,33,34)/t17-,23+/m0/s1. The molecule has 3 N–H and O–H groups in total. The number of carbonyl (C=O) groups excluding carboxylic acids is 2. The monoisotopic (exact) mass is 457 g/mol. The minimum Gasteiger partial charge on any atom is -0.478 e. The van der Waals surface area contributed by atoms with Gasteiger partial charge in [-0.3, -0.25) is 9.59 Å². The van der Waals surface area contributed by atoms with Gasteiger partial charge < -0.3 is 20.6 Å². The number of nitrogens with zero attached hydrogens (tertiary/aromatic N) is 1. The van der Waals surface area contributed by atoms with E-state index in [1.807, 2.05) is 48.2 Å². The highest BCUT2D eigenvalue weighted by atomic mass is 16.4. The summed E-state index contributed by atoms with van der Waals surface area (Å²) in [6.45, 7) is 3.94. The minimum atomic E-state index is -1.05. The van der Waals surface area contributed by atoms with Gasteiger partial charge >= 0.3 is 5.97 Å². The van der Waals surface area contributed by atoms with Crippen LogP contribution in [0.4, 0.5) is 17.1 Å². The lowest BCUT2D eigenvalue weighted by molar-refractivity contribution is -0.118. The van der Waals surface area contributed by atoms with Gasteiger partial charge in [0.25, 0.3) is 5.91 Å². The van der Waals surface area contributed by atoms with E-state index in [4.69, 9.17) is 5.11 Å². The van der Waals surface area contributed by atoms with Crippen LogP contribution in [0.1, 0.15) is 59.0 Å². The van der Waals surface area contributed by atoms with Crippen LogP contribution in [0.15, 0.2) is 72.8 Å². The van der Waals surface area contributed by atoms with E-state index < -0.39 is 5.97 Å². The highest BCUT2D eigenvalue weighted by molar-refractivity contribution is 6.05. The molecule has 7 heteroatoms. The van der Waals surface area contributed by atoms with Crippen molar-refractivity contribution >= 4 is 34.8 Å². The lowest BCUT2D eigenvalue weighted by atomic mass is 9.91. The average molecular weight is 458 g/mol. The number of hydrogen-bond donors (Lipinski definition) is 3. The quantitative estimate of drug-likeness (QED) is 0.465. The fourth-order valence-electron chi connectivity index (χ4n) is 4.35. The molecule has 3 aromatic rings. The van der Waals surface area contributed by atoms with Crippen molar-refractivity contribution in [1.29, 1.82) is 0 Å². The first-order valence-corrected chi connectivity index (χ1v) is 11.3. The molecule has 2 amide bonds. The molecule has 0 bridgehead atoms. The molecule has 4 rings (SSSR count). The number of carbonyl (C=O) groups is 3. The van der Waals surface area contributed by atoms with Crippen LogP contribution in [-0.2, 0) is 4.79 Å². The van der Waals surface area contributed by atoms with Crippen molar-refractivity contribution in [2.45, 2.75) is 38.8 Å². The maximum Gasteiger partial charge on any atom is 0.335 e. The number of carboxylic acids is 1. The van der Waals surface area contributed by atoms with Crippen LogP contribution in [0.25, 0.3) is 0 Å². The minimum absolute atomic E-state index is 0.0329. The van der Waals surface area contributed by atoms with Crippen molar-refractivity contribution in [2.24, 2.45) is 0 Å². The lowest BCUT2D eigenvalue weighted by Gasteiger charge is -2.40. The number of benzene rings is 3. The van der Waals surface area contributed by atoms with Crippen molar-refractivity contribution in [3.8, 4) is 0 Å². The van der Waals surface area contributed by atoms with E-state index in [0.717, 1.165) is 23.4 Å². The number of carboxylic acid groups (broad SMARTS) is 1. The van der Waals surface area contributed by atoms with Crippen LogP contribution < -0.4 is 15.5 Å². The maximum absolute atomic E-state index is 12.6. The summed E-state index contributed by atoms with van der Waals surface area (Å²) in [5.74, 6) is -1.26. The molecule has 1 aliphatic rings. The number of amides is 2. The summed E-state index contributed by atoms with van der Waals surface area (Å²) >= 11 is 0. The van der Waals surface area contributed by atoms with Crippen LogP contribution >= 0.6 is 0 Å². The molecular weight excluding hydrogens is 430 g/mol. The second kappa shape index (κ2) is 9.79. The number of para-hydroxylation sites is 1. The third-order valence-electron chi connectivity index (χ3n) is 6.02. The van der Waals surface area contributed by atoms with E-state index in [1.165, 1.54) is 12.1 Å². The summed E-state index contributed by atoms with van der Waals surface area (Å²) in [7, 11) is 0. The molecule has 7 nitrogen and oxygen atoms in total. The summed E-state index contributed by atoms with van der Waals surface area (Å²) in [5.41, 5.74) is 3.87. The predicted molar refractivity (Wildman–Crippen MR) is 132 cm³/mol. The Bertz CT molecular complexity index is 1220.